The highest BCUT2D eigenvalue weighted by molar-refractivity contribution is 6.03. The summed E-state index contributed by atoms with van der Waals surface area (Å²) in [4.78, 5) is 17.1. The predicted molar refractivity (Wildman–Crippen MR) is 102 cm³/mol. The number of rotatable bonds is 3. The molecule has 2 aromatic heterocycles. The van der Waals surface area contributed by atoms with Crippen molar-refractivity contribution in [3.8, 4) is 0 Å². The Morgan fingerprint density at radius 2 is 2.07 bits per heavy atom. The minimum atomic E-state index is -0.283. The Morgan fingerprint density at radius 1 is 1.30 bits per heavy atom. The van der Waals surface area contributed by atoms with Gasteiger partial charge in [0.2, 0.25) is 5.89 Å². The van der Waals surface area contributed by atoms with E-state index in [1.165, 1.54) is 0 Å². The number of fused-ring (bicyclic) bond motifs is 1. The van der Waals surface area contributed by atoms with E-state index >= 15 is 0 Å². The summed E-state index contributed by atoms with van der Waals surface area (Å²) in [7, 11) is 0. The first kappa shape index (κ1) is 17.7. The second-order valence-corrected chi connectivity index (χ2v) is 7.97. The van der Waals surface area contributed by atoms with Crippen LogP contribution in [0.1, 0.15) is 56.0 Å². The first-order chi connectivity index (χ1) is 12.9. The van der Waals surface area contributed by atoms with E-state index in [4.69, 9.17) is 4.42 Å². The number of amides is 1. The molecule has 0 atom stereocenters. The maximum atomic E-state index is 12.5. The molecule has 2 N–H and O–H groups in total. The van der Waals surface area contributed by atoms with E-state index in [-0.39, 0.29) is 11.3 Å². The van der Waals surface area contributed by atoms with Gasteiger partial charge in [-0.05, 0) is 44.1 Å². The van der Waals surface area contributed by atoms with Gasteiger partial charge in [0.05, 0.1) is 12.2 Å². The summed E-state index contributed by atoms with van der Waals surface area (Å²) in [6.07, 6.45) is 3.70. The SMILES string of the molecule is CC(C)(C)c1nc2cc(NC(=O)c3cn(C4CCNCC4)nn3)ccc2o1. The summed E-state index contributed by atoms with van der Waals surface area (Å²) in [5, 5.41) is 14.3. The molecule has 0 saturated carbocycles. The molecule has 1 aromatic carbocycles. The zero-order valence-electron chi connectivity index (χ0n) is 15.8. The van der Waals surface area contributed by atoms with Crippen molar-refractivity contribution in [2.45, 2.75) is 45.1 Å². The van der Waals surface area contributed by atoms with Crippen molar-refractivity contribution in [1.82, 2.24) is 25.3 Å². The molecule has 8 heteroatoms. The summed E-state index contributed by atoms with van der Waals surface area (Å²) in [5.74, 6) is 0.389. The number of benzene rings is 1. The molecule has 1 fully saturated rings. The fourth-order valence-corrected chi connectivity index (χ4v) is 3.15. The van der Waals surface area contributed by atoms with Gasteiger partial charge < -0.3 is 15.1 Å². The molecule has 1 aliphatic heterocycles. The van der Waals surface area contributed by atoms with Gasteiger partial charge in [-0.15, -0.1) is 5.10 Å². The molecule has 0 unspecified atom stereocenters. The third kappa shape index (κ3) is 3.71. The molecule has 0 bridgehead atoms. The molecule has 4 rings (SSSR count). The lowest BCUT2D eigenvalue weighted by molar-refractivity contribution is 0.102. The highest BCUT2D eigenvalue weighted by atomic mass is 16.3. The lowest BCUT2D eigenvalue weighted by Crippen LogP contribution is -2.29. The molecule has 0 aliphatic carbocycles. The average Bonchev–Trinajstić information content (AvgIpc) is 3.29. The third-order valence-electron chi connectivity index (χ3n) is 4.71. The van der Waals surface area contributed by atoms with Crippen molar-refractivity contribution >= 4 is 22.7 Å². The van der Waals surface area contributed by atoms with E-state index in [1.54, 1.807) is 16.9 Å². The topological polar surface area (TPSA) is 97.9 Å². The summed E-state index contributed by atoms with van der Waals surface area (Å²) in [6, 6.07) is 5.72. The number of carbonyl (C=O) groups is 1. The van der Waals surface area contributed by atoms with Gasteiger partial charge in [0.1, 0.15) is 5.52 Å². The van der Waals surface area contributed by atoms with Crippen LogP contribution < -0.4 is 10.6 Å². The largest absolute Gasteiger partial charge is 0.440 e. The highest BCUT2D eigenvalue weighted by Crippen LogP contribution is 2.27. The van der Waals surface area contributed by atoms with Crippen LogP contribution in [0.25, 0.3) is 11.1 Å². The van der Waals surface area contributed by atoms with Crippen LogP contribution in [-0.4, -0.2) is 39.0 Å². The molecule has 8 nitrogen and oxygen atoms in total. The summed E-state index contributed by atoms with van der Waals surface area (Å²) >= 11 is 0. The normalized spacial score (nSPS) is 16.0. The number of anilines is 1. The molecule has 0 radical (unpaired) electrons. The molecule has 142 valence electrons. The van der Waals surface area contributed by atoms with Crippen LogP contribution in [0.3, 0.4) is 0 Å². The van der Waals surface area contributed by atoms with Crippen molar-refractivity contribution in [3.63, 3.8) is 0 Å². The lowest BCUT2D eigenvalue weighted by Gasteiger charge is -2.22. The van der Waals surface area contributed by atoms with Gasteiger partial charge in [0.15, 0.2) is 11.3 Å². The average molecular weight is 368 g/mol. The molecule has 1 saturated heterocycles. The van der Waals surface area contributed by atoms with Crippen molar-refractivity contribution in [2.24, 2.45) is 0 Å². The van der Waals surface area contributed by atoms with E-state index in [0.717, 1.165) is 31.4 Å². The van der Waals surface area contributed by atoms with Crippen LogP contribution in [0, 0.1) is 0 Å². The summed E-state index contributed by atoms with van der Waals surface area (Å²) in [5.41, 5.74) is 2.21. The van der Waals surface area contributed by atoms with E-state index < -0.39 is 0 Å². The van der Waals surface area contributed by atoms with Crippen LogP contribution >= 0.6 is 0 Å². The lowest BCUT2D eigenvalue weighted by atomic mass is 9.97. The molecule has 3 heterocycles. The first-order valence-corrected chi connectivity index (χ1v) is 9.25. The van der Waals surface area contributed by atoms with E-state index in [0.29, 0.717) is 28.9 Å². The number of carbonyl (C=O) groups excluding carboxylic acids is 1. The second kappa shape index (κ2) is 6.77. The summed E-state index contributed by atoms with van der Waals surface area (Å²) in [6.45, 7) is 8.06. The van der Waals surface area contributed by atoms with Gasteiger partial charge >= 0.3 is 0 Å². The van der Waals surface area contributed by atoms with Gasteiger partial charge in [0.25, 0.3) is 5.91 Å². The van der Waals surface area contributed by atoms with E-state index in [1.807, 2.05) is 32.9 Å². The maximum Gasteiger partial charge on any atom is 0.277 e. The Bertz CT molecular complexity index is 962. The zero-order valence-corrected chi connectivity index (χ0v) is 15.8. The van der Waals surface area contributed by atoms with Crippen LogP contribution in [-0.2, 0) is 5.41 Å². The van der Waals surface area contributed by atoms with Gasteiger partial charge in [-0.3, -0.25) is 4.79 Å². The van der Waals surface area contributed by atoms with Gasteiger partial charge in [-0.1, -0.05) is 26.0 Å². The van der Waals surface area contributed by atoms with Crippen molar-refractivity contribution in [1.29, 1.82) is 0 Å². The standard InChI is InChI=1S/C19H24N6O2/c1-19(2,3)18-22-14-10-12(4-5-16(14)27-18)21-17(26)15-11-25(24-23-15)13-6-8-20-9-7-13/h4-5,10-11,13,20H,6-9H2,1-3H3,(H,21,26). The number of nitrogens with one attached hydrogen (secondary N) is 2. The molecule has 1 aliphatic rings. The number of hydrogen-bond donors (Lipinski definition) is 2. The number of oxazole rings is 1. The molecule has 27 heavy (non-hydrogen) atoms. The molecule has 3 aromatic rings. The molecule has 0 spiro atoms. The van der Waals surface area contributed by atoms with E-state index in [2.05, 4.69) is 25.9 Å². The maximum absolute atomic E-state index is 12.5. The highest BCUT2D eigenvalue weighted by Gasteiger charge is 2.22. The number of nitrogens with zero attached hydrogens (tertiary/aromatic N) is 4. The van der Waals surface area contributed by atoms with E-state index in [9.17, 15) is 4.79 Å². The first-order valence-electron chi connectivity index (χ1n) is 9.25. The van der Waals surface area contributed by atoms with Crippen LogP contribution in [0.15, 0.2) is 28.8 Å². The smallest absolute Gasteiger partial charge is 0.277 e. The minimum Gasteiger partial charge on any atom is -0.440 e. The van der Waals surface area contributed by atoms with Crippen molar-refractivity contribution in [3.05, 3.63) is 36.0 Å². The van der Waals surface area contributed by atoms with Gasteiger partial charge in [0, 0.05) is 11.1 Å². The molecular formula is C19H24N6O2. The minimum absolute atomic E-state index is 0.171. The molecular weight excluding hydrogens is 344 g/mol. The van der Waals surface area contributed by atoms with Crippen LogP contribution in [0.5, 0.6) is 0 Å². The van der Waals surface area contributed by atoms with Crippen LogP contribution in [0.2, 0.25) is 0 Å². The number of hydrogen-bond acceptors (Lipinski definition) is 6. The zero-order chi connectivity index (χ0) is 19.0. The Kier molecular flexibility index (Phi) is 4.43. The monoisotopic (exact) mass is 368 g/mol. The molecule has 1 amide bonds. The third-order valence-corrected chi connectivity index (χ3v) is 4.71. The summed E-state index contributed by atoms with van der Waals surface area (Å²) < 4.78 is 7.59. The number of piperidine rings is 1. The Hall–Kier alpha value is -2.74. The quantitative estimate of drug-likeness (QED) is 0.738. The van der Waals surface area contributed by atoms with Crippen LogP contribution in [0.4, 0.5) is 5.69 Å². The Morgan fingerprint density at radius 3 is 2.81 bits per heavy atom. The van der Waals surface area contributed by atoms with Gasteiger partial charge in [-0.2, -0.15) is 0 Å². The fraction of sp³-hybridized carbons (Fsp3) is 0.474. The Balaban J connectivity index is 1.50. The van der Waals surface area contributed by atoms with Gasteiger partial charge in [-0.25, -0.2) is 9.67 Å². The number of aromatic nitrogens is 4. The fourth-order valence-electron chi connectivity index (χ4n) is 3.15. The predicted octanol–water partition coefficient (Wildman–Crippen LogP) is 2.89. The van der Waals surface area contributed by atoms with Crippen molar-refractivity contribution < 1.29 is 9.21 Å². The Labute approximate surface area is 157 Å². The van der Waals surface area contributed by atoms with Crippen molar-refractivity contribution in [2.75, 3.05) is 18.4 Å². The second-order valence-electron chi connectivity index (χ2n) is 7.97.